The molecule has 2 N–H and O–H groups in total. The summed E-state index contributed by atoms with van der Waals surface area (Å²) in [6.07, 6.45) is 0. The van der Waals surface area contributed by atoms with Crippen LogP contribution >= 0.6 is 0 Å². The minimum atomic E-state index is -0.159. The quantitative estimate of drug-likeness (QED) is 0.913. The number of rotatable bonds is 5. The molecule has 1 heterocycles. The van der Waals surface area contributed by atoms with E-state index >= 15 is 0 Å². The Bertz CT molecular complexity index is 689. The number of para-hydroxylation sites is 1. The van der Waals surface area contributed by atoms with Crippen LogP contribution < -0.4 is 10.6 Å². The summed E-state index contributed by atoms with van der Waals surface area (Å²) in [5.74, 6) is 0.902. The summed E-state index contributed by atoms with van der Waals surface area (Å²) >= 11 is 0. The van der Waals surface area contributed by atoms with Crippen LogP contribution in [0.3, 0.4) is 0 Å². The number of carbonyl (C=O) groups is 1. The van der Waals surface area contributed by atoms with Gasteiger partial charge >= 0.3 is 0 Å². The van der Waals surface area contributed by atoms with Crippen LogP contribution in [-0.2, 0) is 4.79 Å². The molecule has 1 aliphatic heterocycles. The Morgan fingerprint density at radius 3 is 2.32 bits per heavy atom. The van der Waals surface area contributed by atoms with Crippen LogP contribution in [0.2, 0.25) is 0 Å². The molecule has 0 radical (unpaired) electrons. The Balaban J connectivity index is 1.72. The lowest BCUT2D eigenvalue weighted by Gasteiger charge is -2.28. The van der Waals surface area contributed by atoms with Crippen LogP contribution in [0.1, 0.15) is 18.4 Å². The second-order valence-corrected chi connectivity index (χ2v) is 6.88. The Kier molecular flexibility index (Phi) is 5.51. The lowest BCUT2D eigenvalue weighted by Crippen LogP contribution is -2.45. The van der Waals surface area contributed by atoms with E-state index in [1.54, 1.807) is 4.90 Å². The highest BCUT2D eigenvalue weighted by Crippen LogP contribution is 2.33. The van der Waals surface area contributed by atoms with Gasteiger partial charge in [0.1, 0.15) is 0 Å². The molecule has 1 unspecified atom stereocenters. The fourth-order valence-corrected chi connectivity index (χ4v) is 3.75. The number of hydrogen-bond donors (Lipinski definition) is 1. The van der Waals surface area contributed by atoms with Gasteiger partial charge in [-0.2, -0.15) is 0 Å². The fourth-order valence-electron chi connectivity index (χ4n) is 3.75. The summed E-state index contributed by atoms with van der Waals surface area (Å²) in [6, 6.07) is 20.1. The number of nitrogens with zero attached hydrogens (tertiary/aromatic N) is 2. The zero-order valence-electron chi connectivity index (χ0n) is 15.0. The standard InChI is InChI=1S/C21H27N3O/c1-16(21(25)23(2)19-11-7-4-8-12-19)24-14-18(13-22)20(15-24)17-9-5-3-6-10-17/h3-12,16,18,20H,13-15,22H2,1-2H3/t16?,18-,20+/m1/s1. The molecule has 1 amide bonds. The molecule has 0 saturated carbocycles. The number of likely N-dealkylation sites (tertiary alicyclic amines) is 1. The predicted molar refractivity (Wildman–Crippen MR) is 103 cm³/mol. The molecule has 4 heteroatoms. The zero-order chi connectivity index (χ0) is 17.8. The first-order chi connectivity index (χ1) is 12.1. The van der Waals surface area contributed by atoms with Crippen molar-refractivity contribution in [2.45, 2.75) is 18.9 Å². The third kappa shape index (κ3) is 3.75. The van der Waals surface area contributed by atoms with E-state index in [0.717, 1.165) is 18.8 Å². The number of carbonyl (C=O) groups excluding carboxylic acids is 1. The molecule has 3 atom stereocenters. The number of hydrogen-bond acceptors (Lipinski definition) is 3. The van der Waals surface area contributed by atoms with Crippen molar-refractivity contribution < 1.29 is 4.79 Å². The lowest BCUT2D eigenvalue weighted by atomic mass is 9.89. The molecule has 25 heavy (non-hydrogen) atoms. The Morgan fingerprint density at radius 2 is 1.72 bits per heavy atom. The van der Waals surface area contributed by atoms with Gasteiger partial charge in [-0.15, -0.1) is 0 Å². The fraction of sp³-hybridized carbons (Fsp3) is 0.381. The summed E-state index contributed by atoms with van der Waals surface area (Å²) in [6.45, 7) is 4.39. The molecule has 132 valence electrons. The third-order valence-corrected chi connectivity index (χ3v) is 5.38. The Labute approximate surface area is 150 Å². The number of benzene rings is 2. The lowest BCUT2D eigenvalue weighted by molar-refractivity contribution is -0.122. The summed E-state index contributed by atoms with van der Waals surface area (Å²) < 4.78 is 0. The molecule has 4 nitrogen and oxygen atoms in total. The summed E-state index contributed by atoms with van der Waals surface area (Å²) in [4.78, 5) is 16.9. The van der Waals surface area contributed by atoms with Gasteiger partial charge in [0.05, 0.1) is 6.04 Å². The van der Waals surface area contributed by atoms with E-state index in [2.05, 4.69) is 29.2 Å². The highest BCUT2D eigenvalue weighted by molar-refractivity contribution is 5.96. The average molecular weight is 337 g/mol. The van der Waals surface area contributed by atoms with E-state index in [1.165, 1.54) is 5.56 Å². The van der Waals surface area contributed by atoms with Crippen molar-refractivity contribution in [3.63, 3.8) is 0 Å². The summed E-state index contributed by atoms with van der Waals surface area (Å²) in [5.41, 5.74) is 8.27. The molecule has 3 rings (SSSR count). The highest BCUT2D eigenvalue weighted by Gasteiger charge is 2.37. The van der Waals surface area contributed by atoms with Crippen molar-refractivity contribution in [1.82, 2.24) is 4.90 Å². The summed E-state index contributed by atoms with van der Waals surface area (Å²) in [7, 11) is 1.85. The van der Waals surface area contributed by atoms with Crippen molar-refractivity contribution in [3.8, 4) is 0 Å². The van der Waals surface area contributed by atoms with Gasteiger partial charge in [0.15, 0.2) is 0 Å². The van der Waals surface area contributed by atoms with E-state index in [0.29, 0.717) is 18.4 Å². The maximum absolute atomic E-state index is 12.9. The van der Waals surface area contributed by atoms with Crippen LogP contribution in [0, 0.1) is 5.92 Å². The van der Waals surface area contributed by atoms with E-state index in [4.69, 9.17) is 5.73 Å². The molecular formula is C21H27N3O. The van der Waals surface area contributed by atoms with Crippen LogP contribution in [-0.4, -0.2) is 43.5 Å². The maximum atomic E-state index is 12.9. The van der Waals surface area contributed by atoms with Gasteiger partial charge < -0.3 is 10.6 Å². The van der Waals surface area contributed by atoms with E-state index in [-0.39, 0.29) is 11.9 Å². The van der Waals surface area contributed by atoms with Gasteiger partial charge in [-0.05, 0) is 37.1 Å². The first-order valence-electron chi connectivity index (χ1n) is 8.93. The molecule has 2 aromatic rings. The summed E-state index contributed by atoms with van der Waals surface area (Å²) in [5, 5.41) is 0. The number of anilines is 1. The van der Waals surface area contributed by atoms with Gasteiger partial charge in [-0.1, -0.05) is 48.5 Å². The number of amides is 1. The molecule has 1 aliphatic rings. The Hall–Kier alpha value is -2.17. The molecule has 0 spiro atoms. The van der Waals surface area contributed by atoms with E-state index in [1.807, 2.05) is 50.4 Å². The van der Waals surface area contributed by atoms with Crippen molar-refractivity contribution in [2.75, 3.05) is 31.6 Å². The molecule has 2 aromatic carbocycles. The molecule has 0 bridgehead atoms. The van der Waals surface area contributed by atoms with E-state index in [9.17, 15) is 4.79 Å². The second-order valence-electron chi connectivity index (χ2n) is 6.88. The first-order valence-corrected chi connectivity index (χ1v) is 8.93. The van der Waals surface area contributed by atoms with Gasteiger partial charge in [0, 0.05) is 31.7 Å². The molecule has 0 aliphatic carbocycles. The molecule has 1 fully saturated rings. The first kappa shape index (κ1) is 17.6. The molecule has 0 aromatic heterocycles. The van der Waals surface area contributed by atoms with E-state index < -0.39 is 0 Å². The van der Waals surface area contributed by atoms with Crippen LogP contribution in [0.4, 0.5) is 5.69 Å². The topological polar surface area (TPSA) is 49.6 Å². The van der Waals surface area contributed by atoms with Crippen molar-refractivity contribution >= 4 is 11.6 Å². The smallest absolute Gasteiger partial charge is 0.243 e. The highest BCUT2D eigenvalue weighted by atomic mass is 16.2. The number of likely N-dealkylation sites (N-methyl/N-ethyl adjacent to an activating group) is 1. The van der Waals surface area contributed by atoms with Gasteiger partial charge in [0.25, 0.3) is 0 Å². The van der Waals surface area contributed by atoms with Crippen molar-refractivity contribution in [1.29, 1.82) is 0 Å². The second kappa shape index (κ2) is 7.81. The average Bonchev–Trinajstić information content (AvgIpc) is 3.12. The van der Waals surface area contributed by atoms with Gasteiger partial charge in [-0.25, -0.2) is 0 Å². The molecule has 1 saturated heterocycles. The predicted octanol–water partition coefficient (Wildman–Crippen LogP) is 2.71. The van der Waals surface area contributed by atoms with Gasteiger partial charge in [-0.3, -0.25) is 9.69 Å². The van der Waals surface area contributed by atoms with Crippen LogP contribution in [0.25, 0.3) is 0 Å². The van der Waals surface area contributed by atoms with Crippen LogP contribution in [0.15, 0.2) is 60.7 Å². The largest absolute Gasteiger partial charge is 0.330 e. The minimum Gasteiger partial charge on any atom is -0.330 e. The van der Waals surface area contributed by atoms with Crippen molar-refractivity contribution in [3.05, 3.63) is 66.2 Å². The van der Waals surface area contributed by atoms with Crippen molar-refractivity contribution in [2.24, 2.45) is 11.7 Å². The molecular weight excluding hydrogens is 310 g/mol. The van der Waals surface area contributed by atoms with Crippen LogP contribution in [0.5, 0.6) is 0 Å². The maximum Gasteiger partial charge on any atom is 0.243 e. The zero-order valence-corrected chi connectivity index (χ0v) is 15.0. The minimum absolute atomic E-state index is 0.121. The number of nitrogens with two attached hydrogens (primary N) is 1. The normalized spacial score (nSPS) is 21.9. The monoisotopic (exact) mass is 337 g/mol. The SMILES string of the molecule is CC(C(=O)N(C)c1ccccc1)N1C[C@@H](CN)[C@H](c2ccccc2)C1. The Morgan fingerprint density at radius 1 is 1.12 bits per heavy atom. The van der Waals surface area contributed by atoms with Gasteiger partial charge in [0.2, 0.25) is 5.91 Å². The third-order valence-electron chi connectivity index (χ3n) is 5.38.